The van der Waals surface area contributed by atoms with Gasteiger partial charge in [-0.05, 0) is 13.8 Å². The molecule has 0 aliphatic carbocycles. The molecular weight excluding hydrogens is 248 g/mol. The van der Waals surface area contributed by atoms with Gasteiger partial charge in [0, 0.05) is 0 Å². The van der Waals surface area contributed by atoms with Crippen LogP contribution in [0.1, 0.15) is 13.8 Å². The van der Waals surface area contributed by atoms with Crippen LogP contribution in [-0.4, -0.2) is 45.1 Å². The fourth-order valence-corrected chi connectivity index (χ4v) is 3.56. The van der Waals surface area contributed by atoms with Crippen LogP contribution < -0.4 is 0 Å². The van der Waals surface area contributed by atoms with Crippen molar-refractivity contribution in [3.05, 3.63) is 11.1 Å². The molecule has 1 rings (SSSR count). The van der Waals surface area contributed by atoms with E-state index in [1.165, 1.54) is 13.8 Å². The molecule has 96 valence electrons. The summed E-state index contributed by atoms with van der Waals surface area (Å²) in [5.74, 6) is -1.63. The van der Waals surface area contributed by atoms with E-state index in [-0.39, 0.29) is 11.1 Å². The molecule has 2 atom stereocenters. The second-order valence-electron chi connectivity index (χ2n) is 3.68. The standard InChI is InChI=1S/C10H14O6S/c1-5-7(9(11)15-3)8(10(12)16-4)6(2)17(5,13)14/h5-6H,1-4H3/t5-,6-/m1/s1. The van der Waals surface area contributed by atoms with Gasteiger partial charge in [-0.25, -0.2) is 18.0 Å². The van der Waals surface area contributed by atoms with Gasteiger partial charge in [-0.3, -0.25) is 0 Å². The van der Waals surface area contributed by atoms with E-state index in [0.29, 0.717) is 0 Å². The van der Waals surface area contributed by atoms with Gasteiger partial charge in [0.1, 0.15) is 0 Å². The molecule has 0 spiro atoms. The van der Waals surface area contributed by atoms with E-state index < -0.39 is 32.3 Å². The number of hydrogen-bond acceptors (Lipinski definition) is 6. The summed E-state index contributed by atoms with van der Waals surface area (Å²) in [5.41, 5.74) is -0.265. The highest BCUT2D eigenvalue weighted by Gasteiger charge is 2.48. The topological polar surface area (TPSA) is 86.7 Å². The molecular formula is C10H14O6S. The van der Waals surface area contributed by atoms with Crippen LogP contribution in [0.3, 0.4) is 0 Å². The van der Waals surface area contributed by atoms with Crippen molar-refractivity contribution in [2.45, 2.75) is 24.3 Å². The van der Waals surface area contributed by atoms with E-state index in [0.717, 1.165) is 14.2 Å². The molecule has 0 amide bonds. The highest BCUT2D eigenvalue weighted by Crippen LogP contribution is 2.34. The monoisotopic (exact) mass is 262 g/mol. The van der Waals surface area contributed by atoms with E-state index >= 15 is 0 Å². The summed E-state index contributed by atoms with van der Waals surface area (Å²) in [4.78, 5) is 23.1. The van der Waals surface area contributed by atoms with Crippen LogP contribution in [0.25, 0.3) is 0 Å². The molecule has 0 saturated carbocycles. The summed E-state index contributed by atoms with van der Waals surface area (Å²) in [6.45, 7) is 2.71. The van der Waals surface area contributed by atoms with Crippen molar-refractivity contribution in [1.82, 2.24) is 0 Å². The maximum Gasteiger partial charge on any atom is 0.335 e. The van der Waals surface area contributed by atoms with Crippen molar-refractivity contribution in [3.63, 3.8) is 0 Å². The Morgan fingerprint density at radius 3 is 1.47 bits per heavy atom. The molecule has 1 heterocycles. The smallest absolute Gasteiger partial charge is 0.335 e. The summed E-state index contributed by atoms with van der Waals surface area (Å²) >= 11 is 0. The van der Waals surface area contributed by atoms with Crippen molar-refractivity contribution in [1.29, 1.82) is 0 Å². The Balaban J connectivity index is 3.46. The van der Waals surface area contributed by atoms with Crippen molar-refractivity contribution in [3.8, 4) is 0 Å². The molecule has 7 heteroatoms. The van der Waals surface area contributed by atoms with Gasteiger partial charge in [0.2, 0.25) is 0 Å². The SMILES string of the molecule is COC(=O)C1=C(C(=O)OC)[C@@H](C)S(=O)(=O)[C@@H]1C. The van der Waals surface area contributed by atoms with Crippen LogP contribution in [-0.2, 0) is 28.9 Å². The van der Waals surface area contributed by atoms with E-state index in [2.05, 4.69) is 9.47 Å². The Morgan fingerprint density at radius 1 is 0.941 bits per heavy atom. The largest absolute Gasteiger partial charge is 0.466 e. The minimum absolute atomic E-state index is 0.133. The number of carbonyl (C=O) groups excluding carboxylic acids is 2. The lowest BCUT2D eigenvalue weighted by atomic mass is 10.0. The summed E-state index contributed by atoms with van der Waals surface area (Å²) in [5, 5.41) is -2.11. The highest BCUT2D eigenvalue weighted by atomic mass is 32.2. The lowest BCUT2D eigenvalue weighted by Gasteiger charge is -2.07. The number of esters is 2. The Labute approximate surface area is 99.5 Å². The zero-order chi connectivity index (χ0) is 13.4. The van der Waals surface area contributed by atoms with Crippen LogP contribution in [0.15, 0.2) is 11.1 Å². The van der Waals surface area contributed by atoms with E-state index in [4.69, 9.17) is 0 Å². The highest BCUT2D eigenvalue weighted by molar-refractivity contribution is 7.93. The van der Waals surface area contributed by atoms with Crippen molar-refractivity contribution in [2.24, 2.45) is 0 Å². The number of carbonyl (C=O) groups is 2. The van der Waals surface area contributed by atoms with Gasteiger partial charge < -0.3 is 9.47 Å². The molecule has 1 aliphatic heterocycles. The van der Waals surface area contributed by atoms with E-state index in [1.54, 1.807) is 0 Å². The Hall–Kier alpha value is -1.37. The number of ether oxygens (including phenoxy) is 2. The summed E-state index contributed by atoms with van der Waals surface area (Å²) in [6, 6.07) is 0. The fraction of sp³-hybridized carbons (Fsp3) is 0.600. The first-order valence-electron chi connectivity index (χ1n) is 4.92. The van der Waals surface area contributed by atoms with Crippen LogP contribution in [0.2, 0.25) is 0 Å². The normalized spacial score (nSPS) is 26.8. The Bertz CT molecular complexity index is 449. The van der Waals surface area contributed by atoms with Crippen molar-refractivity contribution in [2.75, 3.05) is 14.2 Å². The van der Waals surface area contributed by atoms with Gasteiger partial charge >= 0.3 is 11.9 Å². The minimum Gasteiger partial charge on any atom is -0.466 e. The first-order chi connectivity index (χ1) is 7.78. The van der Waals surface area contributed by atoms with Crippen LogP contribution in [0.5, 0.6) is 0 Å². The van der Waals surface area contributed by atoms with Crippen LogP contribution >= 0.6 is 0 Å². The second-order valence-corrected chi connectivity index (χ2v) is 6.28. The summed E-state index contributed by atoms with van der Waals surface area (Å²) < 4.78 is 32.8. The van der Waals surface area contributed by atoms with E-state index in [9.17, 15) is 18.0 Å². The minimum atomic E-state index is -3.59. The third-order valence-corrected chi connectivity index (χ3v) is 5.34. The Kier molecular flexibility index (Phi) is 3.61. The van der Waals surface area contributed by atoms with Gasteiger partial charge in [0.15, 0.2) is 9.84 Å². The predicted octanol–water partition coefficient (Wildman–Crippen LogP) is -0.166. The number of rotatable bonds is 2. The Morgan fingerprint density at radius 2 is 1.24 bits per heavy atom. The molecule has 17 heavy (non-hydrogen) atoms. The van der Waals surface area contributed by atoms with Gasteiger partial charge in [-0.2, -0.15) is 0 Å². The van der Waals surface area contributed by atoms with Gasteiger partial charge in [-0.1, -0.05) is 0 Å². The van der Waals surface area contributed by atoms with Gasteiger partial charge in [-0.15, -0.1) is 0 Å². The number of methoxy groups -OCH3 is 2. The molecule has 6 nitrogen and oxygen atoms in total. The molecule has 0 aromatic carbocycles. The third kappa shape index (κ3) is 1.95. The molecule has 0 radical (unpaired) electrons. The lowest BCUT2D eigenvalue weighted by Crippen LogP contribution is -2.24. The molecule has 1 aliphatic rings. The van der Waals surface area contributed by atoms with Crippen LogP contribution in [0.4, 0.5) is 0 Å². The number of hydrogen-bond donors (Lipinski definition) is 0. The van der Waals surface area contributed by atoms with Crippen LogP contribution in [0, 0.1) is 0 Å². The molecule has 0 bridgehead atoms. The quantitative estimate of drug-likeness (QED) is 0.642. The molecule has 0 fully saturated rings. The maximum absolute atomic E-state index is 11.9. The lowest BCUT2D eigenvalue weighted by molar-refractivity contribution is -0.139. The van der Waals surface area contributed by atoms with Gasteiger partial charge in [0.05, 0.1) is 35.9 Å². The first kappa shape index (κ1) is 13.7. The average Bonchev–Trinajstić information content (AvgIpc) is 2.48. The van der Waals surface area contributed by atoms with Crippen molar-refractivity contribution < 1.29 is 27.5 Å². The maximum atomic E-state index is 11.9. The van der Waals surface area contributed by atoms with E-state index in [1.807, 2.05) is 0 Å². The second kappa shape index (κ2) is 4.48. The first-order valence-corrected chi connectivity index (χ1v) is 6.53. The number of sulfone groups is 1. The molecule has 0 N–H and O–H groups in total. The fourth-order valence-electron chi connectivity index (χ4n) is 1.84. The predicted molar refractivity (Wildman–Crippen MR) is 58.9 cm³/mol. The zero-order valence-corrected chi connectivity index (χ0v) is 10.8. The third-order valence-electron chi connectivity index (χ3n) is 2.90. The van der Waals surface area contributed by atoms with Crippen molar-refractivity contribution >= 4 is 21.8 Å². The molecule has 0 aromatic rings. The molecule has 0 unspecified atom stereocenters. The summed E-state index contributed by atoms with van der Waals surface area (Å²) in [6.07, 6.45) is 0. The molecule has 0 aromatic heterocycles. The molecule has 0 saturated heterocycles. The zero-order valence-electron chi connectivity index (χ0n) is 10.0. The summed E-state index contributed by atoms with van der Waals surface area (Å²) in [7, 11) is -1.32. The average molecular weight is 262 g/mol. The van der Waals surface area contributed by atoms with Gasteiger partial charge in [0.25, 0.3) is 0 Å².